The van der Waals surface area contributed by atoms with Crippen LogP contribution in [0, 0.1) is 5.82 Å². The summed E-state index contributed by atoms with van der Waals surface area (Å²) < 4.78 is 18.1. The lowest BCUT2D eigenvalue weighted by molar-refractivity contribution is 0.184. The van der Waals surface area contributed by atoms with E-state index in [0.717, 1.165) is 11.9 Å². The molecule has 2 rings (SSSR count). The first-order valence-corrected chi connectivity index (χ1v) is 5.63. The van der Waals surface area contributed by atoms with Crippen molar-refractivity contribution in [3.05, 3.63) is 24.0 Å². The minimum atomic E-state index is -0.267. The highest BCUT2D eigenvalue weighted by Gasteiger charge is 2.09. The third-order valence-corrected chi connectivity index (χ3v) is 2.65. The Hall–Kier alpha value is -1.62. The van der Waals surface area contributed by atoms with Gasteiger partial charge in [-0.05, 0) is 24.6 Å². The molecule has 0 aliphatic rings. The summed E-state index contributed by atoms with van der Waals surface area (Å²) in [5, 5.41) is 3.22. The van der Waals surface area contributed by atoms with E-state index in [4.69, 9.17) is 4.74 Å². The smallest absolute Gasteiger partial charge is 0.201 e. The summed E-state index contributed by atoms with van der Waals surface area (Å²) in [7, 11) is 1.67. The largest absolute Gasteiger partial charge is 0.383 e. The van der Waals surface area contributed by atoms with Gasteiger partial charge in [-0.15, -0.1) is 0 Å². The topological polar surface area (TPSA) is 49.9 Å². The first-order valence-electron chi connectivity index (χ1n) is 5.63. The number of H-pyrrole nitrogens is 1. The maximum atomic E-state index is 13.0. The number of nitrogens with one attached hydrogen (secondary N) is 2. The average Bonchev–Trinajstić information content (AvgIpc) is 2.69. The molecule has 2 aromatic rings. The second-order valence-corrected chi connectivity index (χ2v) is 3.95. The number of hydrogen-bond donors (Lipinski definition) is 2. The van der Waals surface area contributed by atoms with Crippen LogP contribution < -0.4 is 5.32 Å². The van der Waals surface area contributed by atoms with E-state index in [2.05, 4.69) is 22.2 Å². The fourth-order valence-corrected chi connectivity index (χ4v) is 1.71. The van der Waals surface area contributed by atoms with Gasteiger partial charge in [0.25, 0.3) is 0 Å². The van der Waals surface area contributed by atoms with Crippen LogP contribution in [0.3, 0.4) is 0 Å². The van der Waals surface area contributed by atoms with Crippen molar-refractivity contribution in [1.29, 1.82) is 0 Å². The van der Waals surface area contributed by atoms with E-state index in [9.17, 15) is 4.39 Å². The lowest BCUT2D eigenvalue weighted by atomic mass is 10.2. The van der Waals surface area contributed by atoms with Crippen molar-refractivity contribution in [2.45, 2.75) is 19.4 Å². The Kier molecular flexibility index (Phi) is 3.58. The molecular weight excluding hydrogens is 221 g/mol. The second-order valence-electron chi connectivity index (χ2n) is 3.95. The van der Waals surface area contributed by atoms with Gasteiger partial charge in [0.05, 0.1) is 23.7 Å². The van der Waals surface area contributed by atoms with Gasteiger partial charge in [0.15, 0.2) is 0 Å². The number of aromatic nitrogens is 2. The van der Waals surface area contributed by atoms with E-state index in [0.29, 0.717) is 18.1 Å². The van der Waals surface area contributed by atoms with Gasteiger partial charge < -0.3 is 15.0 Å². The van der Waals surface area contributed by atoms with Crippen molar-refractivity contribution in [2.24, 2.45) is 0 Å². The van der Waals surface area contributed by atoms with Crippen LogP contribution in [-0.2, 0) is 4.74 Å². The second kappa shape index (κ2) is 5.14. The van der Waals surface area contributed by atoms with Gasteiger partial charge in [-0.2, -0.15) is 0 Å². The number of methoxy groups -OCH3 is 1. The van der Waals surface area contributed by atoms with E-state index in [-0.39, 0.29) is 11.9 Å². The lowest BCUT2D eigenvalue weighted by Crippen LogP contribution is -2.24. The van der Waals surface area contributed by atoms with Gasteiger partial charge in [0, 0.05) is 7.11 Å². The van der Waals surface area contributed by atoms with Gasteiger partial charge in [0.1, 0.15) is 5.82 Å². The fraction of sp³-hybridized carbons (Fsp3) is 0.417. The molecule has 1 aromatic carbocycles. The monoisotopic (exact) mass is 237 g/mol. The first-order chi connectivity index (χ1) is 8.22. The summed E-state index contributed by atoms with van der Waals surface area (Å²) in [5.74, 6) is 0.381. The number of imidazole rings is 1. The molecule has 17 heavy (non-hydrogen) atoms. The molecule has 5 heteroatoms. The van der Waals surface area contributed by atoms with Crippen LogP contribution in [0.25, 0.3) is 11.0 Å². The molecule has 0 fully saturated rings. The molecule has 0 amide bonds. The molecule has 1 unspecified atom stereocenters. The van der Waals surface area contributed by atoms with Gasteiger partial charge in [-0.25, -0.2) is 9.37 Å². The molecule has 1 atom stereocenters. The van der Waals surface area contributed by atoms with Gasteiger partial charge in [-0.3, -0.25) is 0 Å². The predicted octanol–water partition coefficient (Wildman–Crippen LogP) is 2.54. The van der Waals surface area contributed by atoms with E-state index < -0.39 is 0 Å². The summed E-state index contributed by atoms with van der Waals surface area (Å²) in [6, 6.07) is 4.69. The maximum absolute atomic E-state index is 13.0. The van der Waals surface area contributed by atoms with Gasteiger partial charge >= 0.3 is 0 Å². The fourth-order valence-electron chi connectivity index (χ4n) is 1.71. The van der Waals surface area contributed by atoms with Crippen molar-refractivity contribution >= 4 is 17.0 Å². The normalized spacial score (nSPS) is 12.9. The molecule has 1 aromatic heterocycles. The van der Waals surface area contributed by atoms with Crippen molar-refractivity contribution in [1.82, 2.24) is 9.97 Å². The Balaban J connectivity index is 2.18. The number of ether oxygens (including phenoxy) is 1. The minimum Gasteiger partial charge on any atom is -0.383 e. The van der Waals surface area contributed by atoms with Crippen LogP contribution in [0.4, 0.5) is 10.3 Å². The van der Waals surface area contributed by atoms with Gasteiger partial charge in [-0.1, -0.05) is 6.92 Å². The average molecular weight is 237 g/mol. The Morgan fingerprint density at radius 2 is 2.35 bits per heavy atom. The van der Waals surface area contributed by atoms with Crippen LogP contribution in [0.2, 0.25) is 0 Å². The molecule has 92 valence electrons. The summed E-state index contributed by atoms with van der Waals surface area (Å²) in [6.07, 6.45) is 0.930. The SMILES string of the molecule is CCC(COC)Nc1nc2ccc(F)cc2[nH]1. The highest BCUT2D eigenvalue weighted by molar-refractivity contribution is 5.77. The van der Waals surface area contributed by atoms with Crippen LogP contribution in [0.5, 0.6) is 0 Å². The Bertz CT molecular complexity index is 497. The zero-order valence-electron chi connectivity index (χ0n) is 9.96. The molecule has 2 N–H and O–H groups in total. The standard InChI is InChI=1S/C12H16FN3O/c1-3-9(7-17-2)14-12-15-10-5-4-8(13)6-11(10)16-12/h4-6,9H,3,7H2,1-2H3,(H2,14,15,16). The van der Waals surface area contributed by atoms with E-state index in [1.165, 1.54) is 12.1 Å². The molecular formula is C12H16FN3O. The van der Waals surface area contributed by atoms with Crippen molar-refractivity contribution in [3.63, 3.8) is 0 Å². The molecule has 0 aliphatic heterocycles. The highest BCUT2D eigenvalue weighted by Crippen LogP contribution is 2.16. The summed E-state index contributed by atoms with van der Waals surface area (Å²) in [4.78, 5) is 7.38. The van der Waals surface area contributed by atoms with E-state index >= 15 is 0 Å². The zero-order chi connectivity index (χ0) is 12.3. The predicted molar refractivity (Wildman–Crippen MR) is 65.6 cm³/mol. The van der Waals surface area contributed by atoms with Gasteiger partial charge in [0.2, 0.25) is 5.95 Å². The number of halogens is 1. The molecule has 0 spiro atoms. The third-order valence-electron chi connectivity index (χ3n) is 2.65. The number of anilines is 1. The van der Waals surface area contributed by atoms with Crippen LogP contribution in [0.15, 0.2) is 18.2 Å². The van der Waals surface area contributed by atoms with Crippen LogP contribution in [0.1, 0.15) is 13.3 Å². The zero-order valence-corrected chi connectivity index (χ0v) is 9.96. The number of benzene rings is 1. The molecule has 0 aliphatic carbocycles. The molecule has 0 saturated heterocycles. The lowest BCUT2D eigenvalue weighted by Gasteiger charge is -2.14. The summed E-state index contributed by atoms with van der Waals surface area (Å²) in [5.41, 5.74) is 1.45. The third kappa shape index (κ3) is 2.74. The van der Waals surface area contributed by atoms with Crippen molar-refractivity contribution < 1.29 is 9.13 Å². The quantitative estimate of drug-likeness (QED) is 0.840. The minimum absolute atomic E-state index is 0.199. The Morgan fingerprint density at radius 3 is 3.06 bits per heavy atom. The van der Waals surface area contributed by atoms with E-state index in [1.807, 2.05) is 0 Å². The first kappa shape index (κ1) is 11.9. The number of rotatable bonds is 5. The number of aromatic amines is 1. The molecule has 0 bridgehead atoms. The van der Waals surface area contributed by atoms with Crippen molar-refractivity contribution in [2.75, 3.05) is 19.0 Å². The Labute approximate surface area is 99.2 Å². The summed E-state index contributed by atoms with van der Waals surface area (Å²) >= 11 is 0. The Morgan fingerprint density at radius 1 is 1.53 bits per heavy atom. The molecule has 1 heterocycles. The van der Waals surface area contributed by atoms with Crippen LogP contribution in [-0.4, -0.2) is 29.7 Å². The molecule has 4 nitrogen and oxygen atoms in total. The summed E-state index contributed by atoms with van der Waals surface area (Å²) in [6.45, 7) is 2.68. The van der Waals surface area contributed by atoms with E-state index in [1.54, 1.807) is 13.2 Å². The van der Waals surface area contributed by atoms with Crippen molar-refractivity contribution in [3.8, 4) is 0 Å². The number of hydrogen-bond acceptors (Lipinski definition) is 3. The molecule has 0 radical (unpaired) electrons. The van der Waals surface area contributed by atoms with Crippen LogP contribution >= 0.6 is 0 Å². The molecule has 0 saturated carbocycles. The highest BCUT2D eigenvalue weighted by atomic mass is 19.1. The number of fused-ring (bicyclic) bond motifs is 1. The number of nitrogens with zero attached hydrogens (tertiary/aromatic N) is 1. The maximum Gasteiger partial charge on any atom is 0.201 e.